The van der Waals surface area contributed by atoms with Crippen molar-refractivity contribution in [2.24, 2.45) is 0 Å². The quantitative estimate of drug-likeness (QED) is 0.805. The van der Waals surface area contributed by atoms with Crippen molar-refractivity contribution >= 4 is 5.97 Å². The Balaban J connectivity index is 2.16. The highest BCUT2D eigenvalue weighted by atomic mass is 16.4. The van der Waals surface area contributed by atoms with Crippen LogP contribution < -0.4 is 0 Å². The Labute approximate surface area is 127 Å². The first kappa shape index (κ1) is 14.0. The molecule has 0 fully saturated rings. The van der Waals surface area contributed by atoms with E-state index < -0.39 is 5.97 Å². The second-order valence-electron chi connectivity index (χ2n) is 5.14. The molecule has 2 heterocycles. The number of benzene rings is 1. The van der Waals surface area contributed by atoms with Crippen molar-refractivity contribution in [3.63, 3.8) is 0 Å². The summed E-state index contributed by atoms with van der Waals surface area (Å²) in [5.74, 6) is -1.01. The molecule has 3 rings (SSSR count). The number of aryl methyl sites for hydroxylation is 2. The van der Waals surface area contributed by atoms with Crippen molar-refractivity contribution in [1.82, 2.24) is 14.8 Å². The number of aromatic nitrogens is 3. The van der Waals surface area contributed by atoms with Gasteiger partial charge in [0.15, 0.2) is 5.69 Å². The highest BCUT2D eigenvalue weighted by Gasteiger charge is 2.16. The van der Waals surface area contributed by atoms with Crippen LogP contribution in [0.3, 0.4) is 0 Å². The number of pyridine rings is 1. The van der Waals surface area contributed by atoms with Crippen molar-refractivity contribution in [3.8, 4) is 16.9 Å². The molecule has 0 saturated heterocycles. The van der Waals surface area contributed by atoms with Crippen molar-refractivity contribution in [2.75, 3.05) is 0 Å². The van der Waals surface area contributed by atoms with Gasteiger partial charge in [-0.2, -0.15) is 5.10 Å². The minimum absolute atomic E-state index is 0.134. The molecule has 5 heteroatoms. The second kappa shape index (κ2) is 5.44. The molecule has 0 unspecified atom stereocenters. The summed E-state index contributed by atoms with van der Waals surface area (Å²) in [6.07, 6.45) is 3.32. The zero-order chi connectivity index (χ0) is 15.7. The molecule has 0 atom stereocenters. The van der Waals surface area contributed by atoms with Crippen LogP contribution in [0, 0.1) is 13.8 Å². The Hall–Kier alpha value is -2.95. The van der Waals surface area contributed by atoms with E-state index in [1.54, 1.807) is 30.6 Å². The number of hydrogen-bond acceptors (Lipinski definition) is 3. The number of carboxylic acids is 1. The molecule has 5 nitrogen and oxygen atoms in total. The van der Waals surface area contributed by atoms with E-state index in [9.17, 15) is 9.90 Å². The molecule has 1 N–H and O–H groups in total. The van der Waals surface area contributed by atoms with Gasteiger partial charge < -0.3 is 5.11 Å². The summed E-state index contributed by atoms with van der Waals surface area (Å²) in [5, 5.41) is 13.9. The Bertz CT molecular complexity index is 838. The lowest BCUT2D eigenvalue weighted by Gasteiger charge is -2.07. The van der Waals surface area contributed by atoms with Gasteiger partial charge in [0.05, 0.1) is 11.4 Å². The molecule has 0 bridgehead atoms. The first-order valence-corrected chi connectivity index (χ1v) is 6.87. The topological polar surface area (TPSA) is 68.0 Å². The van der Waals surface area contributed by atoms with E-state index in [1.165, 1.54) is 4.68 Å². The van der Waals surface area contributed by atoms with E-state index >= 15 is 0 Å². The van der Waals surface area contributed by atoms with Crippen LogP contribution in [0.15, 0.2) is 48.8 Å². The molecule has 0 amide bonds. The summed E-state index contributed by atoms with van der Waals surface area (Å²) in [6, 6.07) is 11.0. The largest absolute Gasteiger partial charge is 0.477 e. The van der Waals surface area contributed by atoms with Gasteiger partial charge in [-0.25, -0.2) is 9.48 Å². The van der Waals surface area contributed by atoms with Crippen LogP contribution in [0.4, 0.5) is 0 Å². The van der Waals surface area contributed by atoms with Gasteiger partial charge >= 0.3 is 5.97 Å². The Morgan fingerprint density at radius 2 is 1.77 bits per heavy atom. The number of hydrogen-bond donors (Lipinski definition) is 1. The first-order chi connectivity index (χ1) is 10.6. The Morgan fingerprint density at radius 3 is 2.41 bits per heavy atom. The van der Waals surface area contributed by atoms with Gasteiger partial charge in [-0.1, -0.05) is 6.07 Å². The van der Waals surface area contributed by atoms with Gasteiger partial charge in [-0.15, -0.1) is 0 Å². The highest BCUT2D eigenvalue weighted by Crippen LogP contribution is 2.22. The standard InChI is InChI=1S/C17H15N3O2/c1-11-3-4-14(9-12(11)2)20-16(17(21)22)10-15(19-20)13-5-7-18-8-6-13/h3-10H,1-2H3,(H,21,22). The van der Waals surface area contributed by atoms with Gasteiger partial charge in [0, 0.05) is 18.0 Å². The molecule has 0 aliphatic carbocycles. The molecule has 1 aromatic carbocycles. The minimum atomic E-state index is -1.01. The lowest BCUT2D eigenvalue weighted by molar-refractivity contribution is 0.0687. The number of rotatable bonds is 3. The Morgan fingerprint density at radius 1 is 1.05 bits per heavy atom. The van der Waals surface area contributed by atoms with Crippen LogP contribution in [0.25, 0.3) is 16.9 Å². The van der Waals surface area contributed by atoms with Crippen LogP contribution in [-0.2, 0) is 0 Å². The summed E-state index contributed by atoms with van der Waals surface area (Å²) < 4.78 is 1.46. The summed E-state index contributed by atoms with van der Waals surface area (Å²) in [4.78, 5) is 15.5. The van der Waals surface area contributed by atoms with Crippen LogP contribution in [-0.4, -0.2) is 25.8 Å². The predicted molar refractivity (Wildman–Crippen MR) is 83.2 cm³/mol. The zero-order valence-electron chi connectivity index (χ0n) is 12.3. The van der Waals surface area contributed by atoms with E-state index in [4.69, 9.17) is 0 Å². The van der Waals surface area contributed by atoms with Gasteiger partial charge in [-0.05, 0) is 55.3 Å². The third kappa shape index (κ3) is 2.48. The smallest absolute Gasteiger partial charge is 0.354 e. The molecule has 0 aliphatic heterocycles. The molecule has 22 heavy (non-hydrogen) atoms. The molecule has 2 aromatic heterocycles. The SMILES string of the molecule is Cc1ccc(-n2nc(-c3ccncc3)cc2C(=O)O)cc1C. The third-order valence-electron chi connectivity index (χ3n) is 3.64. The number of aromatic carboxylic acids is 1. The minimum Gasteiger partial charge on any atom is -0.477 e. The van der Waals surface area contributed by atoms with Gasteiger partial charge in [-0.3, -0.25) is 4.98 Å². The fourth-order valence-electron chi connectivity index (χ4n) is 2.25. The van der Waals surface area contributed by atoms with Crippen LogP contribution in [0.1, 0.15) is 21.6 Å². The molecular formula is C17H15N3O2. The fraction of sp³-hybridized carbons (Fsp3) is 0.118. The maximum atomic E-state index is 11.5. The normalized spacial score (nSPS) is 10.6. The number of carboxylic acid groups (broad SMARTS) is 1. The molecule has 110 valence electrons. The molecule has 0 spiro atoms. The van der Waals surface area contributed by atoms with E-state index in [0.29, 0.717) is 5.69 Å². The van der Waals surface area contributed by atoms with Crippen molar-refractivity contribution in [1.29, 1.82) is 0 Å². The predicted octanol–water partition coefficient (Wildman–Crippen LogP) is 3.25. The van der Waals surface area contributed by atoms with E-state index in [0.717, 1.165) is 22.4 Å². The van der Waals surface area contributed by atoms with Gasteiger partial charge in [0.1, 0.15) is 0 Å². The first-order valence-electron chi connectivity index (χ1n) is 6.87. The van der Waals surface area contributed by atoms with E-state index in [-0.39, 0.29) is 5.69 Å². The molecule has 0 radical (unpaired) electrons. The van der Waals surface area contributed by atoms with Crippen LogP contribution in [0.5, 0.6) is 0 Å². The molecular weight excluding hydrogens is 278 g/mol. The third-order valence-corrected chi connectivity index (χ3v) is 3.64. The van der Waals surface area contributed by atoms with Crippen molar-refractivity contribution < 1.29 is 9.90 Å². The lowest BCUT2D eigenvalue weighted by atomic mass is 10.1. The number of nitrogens with zero attached hydrogens (tertiary/aromatic N) is 3. The number of carbonyl (C=O) groups is 1. The summed E-state index contributed by atoms with van der Waals surface area (Å²) in [7, 11) is 0. The zero-order valence-corrected chi connectivity index (χ0v) is 12.3. The fourth-order valence-corrected chi connectivity index (χ4v) is 2.25. The van der Waals surface area contributed by atoms with Crippen molar-refractivity contribution in [3.05, 3.63) is 65.6 Å². The lowest BCUT2D eigenvalue weighted by Crippen LogP contribution is -2.08. The summed E-state index contributed by atoms with van der Waals surface area (Å²) in [5.41, 5.74) is 4.56. The monoisotopic (exact) mass is 293 g/mol. The maximum Gasteiger partial charge on any atom is 0.354 e. The molecule has 0 saturated carbocycles. The van der Waals surface area contributed by atoms with Crippen molar-refractivity contribution in [2.45, 2.75) is 13.8 Å². The average molecular weight is 293 g/mol. The second-order valence-corrected chi connectivity index (χ2v) is 5.14. The van der Waals surface area contributed by atoms with Crippen LogP contribution >= 0.6 is 0 Å². The van der Waals surface area contributed by atoms with Gasteiger partial charge in [0.2, 0.25) is 0 Å². The average Bonchev–Trinajstić information content (AvgIpc) is 2.96. The maximum absolute atomic E-state index is 11.5. The van der Waals surface area contributed by atoms with E-state index in [2.05, 4.69) is 10.1 Å². The molecule has 0 aliphatic rings. The van der Waals surface area contributed by atoms with E-state index in [1.807, 2.05) is 32.0 Å². The van der Waals surface area contributed by atoms with Gasteiger partial charge in [0.25, 0.3) is 0 Å². The highest BCUT2D eigenvalue weighted by molar-refractivity contribution is 5.88. The molecule has 3 aromatic rings. The van der Waals surface area contributed by atoms with Crippen LogP contribution in [0.2, 0.25) is 0 Å². The summed E-state index contributed by atoms with van der Waals surface area (Å²) in [6.45, 7) is 4.01. The summed E-state index contributed by atoms with van der Waals surface area (Å²) >= 11 is 0. The Kier molecular flexibility index (Phi) is 3.47.